The van der Waals surface area contributed by atoms with Crippen LogP contribution in [0.5, 0.6) is 11.5 Å². The molecule has 3 heterocycles. The summed E-state index contributed by atoms with van der Waals surface area (Å²) in [6.07, 6.45) is 1.02. The maximum atomic E-state index is 12.9. The number of hydrogen-bond acceptors (Lipinski definition) is 6. The first-order valence-electron chi connectivity index (χ1n) is 8.73. The zero-order valence-electron chi connectivity index (χ0n) is 15.0. The van der Waals surface area contributed by atoms with Crippen molar-refractivity contribution in [2.45, 2.75) is 39.0 Å². The van der Waals surface area contributed by atoms with Gasteiger partial charge in [-0.2, -0.15) is 0 Å². The molecule has 0 spiro atoms. The quantitative estimate of drug-likeness (QED) is 0.816. The van der Waals surface area contributed by atoms with Crippen molar-refractivity contribution < 1.29 is 19.0 Å². The summed E-state index contributed by atoms with van der Waals surface area (Å²) in [5.74, 6) is 3.24. The Hall–Kier alpha value is -2.61. The largest absolute Gasteiger partial charge is 0.454 e. The number of carbonyl (C=O) groups excluding carboxylic acids is 1. The van der Waals surface area contributed by atoms with Crippen LogP contribution in [-0.2, 0) is 35.5 Å². The standard InChI is InChI=1S/C18H22N4O4/c1-12-7-16-19-20-17(10-24-2)22(16)6-5-21(12)18(23)9-13-3-4-14-15(8-13)26-11-25-14/h3-4,8,12H,5-7,9-11H2,1-2H3/t12-/m0/s1. The van der Waals surface area contributed by atoms with Crippen LogP contribution in [0.1, 0.15) is 24.1 Å². The minimum atomic E-state index is 0.0670. The van der Waals surface area contributed by atoms with Gasteiger partial charge in [-0.05, 0) is 24.6 Å². The van der Waals surface area contributed by atoms with Gasteiger partial charge < -0.3 is 23.7 Å². The van der Waals surface area contributed by atoms with Gasteiger partial charge >= 0.3 is 0 Å². The van der Waals surface area contributed by atoms with Crippen LogP contribution in [0.3, 0.4) is 0 Å². The predicted molar refractivity (Wildman–Crippen MR) is 91.9 cm³/mol. The number of amides is 1. The molecule has 2 aliphatic rings. The molecule has 0 saturated carbocycles. The van der Waals surface area contributed by atoms with E-state index < -0.39 is 0 Å². The molecule has 0 unspecified atom stereocenters. The maximum Gasteiger partial charge on any atom is 0.231 e. The van der Waals surface area contributed by atoms with E-state index in [2.05, 4.69) is 21.7 Å². The van der Waals surface area contributed by atoms with E-state index in [1.54, 1.807) is 7.11 Å². The smallest absolute Gasteiger partial charge is 0.231 e. The molecule has 26 heavy (non-hydrogen) atoms. The highest BCUT2D eigenvalue weighted by Crippen LogP contribution is 2.32. The fourth-order valence-electron chi connectivity index (χ4n) is 3.52. The van der Waals surface area contributed by atoms with Crippen LogP contribution >= 0.6 is 0 Å². The number of fused-ring (bicyclic) bond motifs is 2. The molecule has 2 aromatic rings. The molecule has 1 atom stereocenters. The van der Waals surface area contributed by atoms with Gasteiger partial charge in [0.2, 0.25) is 12.7 Å². The van der Waals surface area contributed by atoms with Gasteiger partial charge in [-0.1, -0.05) is 6.07 Å². The number of hydrogen-bond donors (Lipinski definition) is 0. The molecule has 0 fully saturated rings. The van der Waals surface area contributed by atoms with Gasteiger partial charge in [0.15, 0.2) is 17.3 Å². The van der Waals surface area contributed by atoms with E-state index in [4.69, 9.17) is 14.2 Å². The van der Waals surface area contributed by atoms with Crippen LogP contribution in [0.4, 0.5) is 0 Å². The Balaban J connectivity index is 1.46. The normalized spacial score (nSPS) is 18.5. The fourth-order valence-corrected chi connectivity index (χ4v) is 3.52. The lowest BCUT2D eigenvalue weighted by Gasteiger charge is -2.26. The lowest BCUT2D eigenvalue weighted by molar-refractivity contribution is -0.132. The summed E-state index contributed by atoms with van der Waals surface area (Å²) in [6, 6.07) is 5.72. The maximum absolute atomic E-state index is 12.9. The van der Waals surface area contributed by atoms with Crippen LogP contribution in [0, 0.1) is 0 Å². The third kappa shape index (κ3) is 3.12. The van der Waals surface area contributed by atoms with E-state index >= 15 is 0 Å². The van der Waals surface area contributed by atoms with Gasteiger partial charge in [-0.3, -0.25) is 4.79 Å². The second kappa shape index (κ2) is 6.95. The van der Waals surface area contributed by atoms with Gasteiger partial charge in [0.05, 0.1) is 6.42 Å². The molecule has 4 rings (SSSR count). The highest BCUT2D eigenvalue weighted by molar-refractivity contribution is 5.79. The Labute approximate surface area is 151 Å². The van der Waals surface area contributed by atoms with Crippen LogP contribution in [0.2, 0.25) is 0 Å². The summed E-state index contributed by atoms with van der Waals surface area (Å²) in [4.78, 5) is 14.8. The van der Waals surface area contributed by atoms with Crippen LogP contribution in [0.25, 0.3) is 0 Å². The molecule has 0 bridgehead atoms. The van der Waals surface area contributed by atoms with Crippen molar-refractivity contribution in [3.63, 3.8) is 0 Å². The number of rotatable bonds is 4. The molecular formula is C18H22N4O4. The summed E-state index contributed by atoms with van der Waals surface area (Å²) in [5.41, 5.74) is 0.926. The lowest BCUT2D eigenvalue weighted by Crippen LogP contribution is -2.41. The number of ether oxygens (including phenoxy) is 3. The van der Waals surface area contributed by atoms with E-state index in [9.17, 15) is 4.79 Å². The van der Waals surface area contributed by atoms with Crippen molar-refractivity contribution in [1.82, 2.24) is 19.7 Å². The Morgan fingerprint density at radius 2 is 2.12 bits per heavy atom. The molecule has 8 heteroatoms. The van der Waals surface area contributed by atoms with Crippen molar-refractivity contribution in [2.75, 3.05) is 20.4 Å². The van der Waals surface area contributed by atoms with E-state index in [0.29, 0.717) is 38.3 Å². The van der Waals surface area contributed by atoms with Gasteiger partial charge in [0.1, 0.15) is 12.4 Å². The van der Waals surface area contributed by atoms with Crippen molar-refractivity contribution in [1.29, 1.82) is 0 Å². The van der Waals surface area contributed by atoms with Gasteiger partial charge in [-0.15, -0.1) is 10.2 Å². The summed E-state index contributed by atoms with van der Waals surface area (Å²) in [5, 5.41) is 8.46. The van der Waals surface area contributed by atoms with E-state index in [0.717, 1.165) is 23.0 Å². The highest BCUT2D eigenvalue weighted by atomic mass is 16.7. The Kier molecular flexibility index (Phi) is 4.50. The molecule has 0 saturated heterocycles. The molecule has 1 amide bonds. The zero-order chi connectivity index (χ0) is 18.1. The Morgan fingerprint density at radius 3 is 2.96 bits per heavy atom. The van der Waals surface area contributed by atoms with Gasteiger partial charge in [0.25, 0.3) is 0 Å². The molecule has 2 aliphatic heterocycles. The van der Waals surface area contributed by atoms with Gasteiger partial charge in [0, 0.05) is 32.7 Å². The monoisotopic (exact) mass is 358 g/mol. The second-order valence-electron chi connectivity index (χ2n) is 6.62. The van der Waals surface area contributed by atoms with E-state index in [-0.39, 0.29) is 18.7 Å². The highest BCUT2D eigenvalue weighted by Gasteiger charge is 2.27. The molecule has 1 aromatic carbocycles. The third-order valence-corrected chi connectivity index (χ3v) is 4.86. The Morgan fingerprint density at radius 1 is 1.27 bits per heavy atom. The number of aromatic nitrogens is 3. The van der Waals surface area contributed by atoms with Crippen LogP contribution in [-0.4, -0.2) is 52.1 Å². The first-order chi connectivity index (χ1) is 12.7. The molecule has 0 radical (unpaired) electrons. The molecular weight excluding hydrogens is 336 g/mol. The fraction of sp³-hybridized carbons (Fsp3) is 0.500. The van der Waals surface area contributed by atoms with Crippen LogP contribution in [0.15, 0.2) is 18.2 Å². The van der Waals surface area contributed by atoms with Crippen molar-refractivity contribution in [2.24, 2.45) is 0 Å². The number of methoxy groups -OCH3 is 1. The average Bonchev–Trinajstić information content (AvgIpc) is 3.19. The number of nitrogens with zero attached hydrogens (tertiary/aromatic N) is 4. The molecule has 0 aliphatic carbocycles. The summed E-state index contributed by atoms with van der Waals surface area (Å²) >= 11 is 0. The predicted octanol–water partition coefficient (Wildman–Crippen LogP) is 1.17. The summed E-state index contributed by atoms with van der Waals surface area (Å²) in [7, 11) is 1.64. The third-order valence-electron chi connectivity index (χ3n) is 4.86. The number of carbonyl (C=O) groups is 1. The van der Waals surface area contributed by atoms with Gasteiger partial charge in [-0.25, -0.2) is 0 Å². The zero-order valence-corrected chi connectivity index (χ0v) is 15.0. The van der Waals surface area contributed by atoms with E-state index in [1.807, 2.05) is 23.1 Å². The summed E-state index contributed by atoms with van der Waals surface area (Å²) in [6.45, 7) is 4.02. The van der Waals surface area contributed by atoms with Crippen molar-refractivity contribution in [3.05, 3.63) is 35.4 Å². The van der Waals surface area contributed by atoms with Crippen LogP contribution < -0.4 is 9.47 Å². The molecule has 0 N–H and O–H groups in total. The number of benzene rings is 1. The first kappa shape index (κ1) is 16.8. The Bertz CT molecular complexity index is 820. The average molecular weight is 358 g/mol. The minimum Gasteiger partial charge on any atom is -0.454 e. The van der Waals surface area contributed by atoms with Crippen molar-refractivity contribution in [3.8, 4) is 11.5 Å². The summed E-state index contributed by atoms with van der Waals surface area (Å²) < 4.78 is 18.0. The minimum absolute atomic E-state index is 0.0670. The topological polar surface area (TPSA) is 78.7 Å². The molecule has 1 aromatic heterocycles. The molecule has 138 valence electrons. The van der Waals surface area contributed by atoms with Crippen molar-refractivity contribution >= 4 is 5.91 Å². The second-order valence-corrected chi connectivity index (χ2v) is 6.62. The SMILES string of the molecule is COCc1nnc2n1CCN(C(=O)Cc1ccc3c(c1)OCO3)[C@@H](C)C2. The molecule has 8 nitrogen and oxygen atoms in total. The first-order valence-corrected chi connectivity index (χ1v) is 8.73. The van der Waals surface area contributed by atoms with E-state index in [1.165, 1.54) is 0 Å². The lowest BCUT2D eigenvalue weighted by atomic mass is 10.1.